The molecule has 2 aromatic carbocycles. The lowest BCUT2D eigenvalue weighted by atomic mass is 9.95. The molecule has 0 saturated heterocycles. The fraction of sp³-hybridized carbons (Fsp3) is 0.188. The van der Waals surface area contributed by atoms with E-state index < -0.39 is 0 Å². The summed E-state index contributed by atoms with van der Waals surface area (Å²) in [5.41, 5.74) is 1.38. The third kappa shape index (κ3) is 2.60. The van der Waals surface area contributed by atoms with Gasteiger partial charge in [0, 0.05) is 11.6 Å². The number of carbonyl (C=O) groups is 1. The summed E-state index contributed by atoms with van der Waals surface area (Å²) in [6.45, 7) is 3.84. The van der Waals surface area contributed by atoms with E-state index in [4.69, 9.17) is 0 Å². The highest BCUT2D eigenvalue weighted by Gasteiger charge is 2.17. The minimum absolute atomic E-state index is 0.0112. The number of hydrogen-bond acceptors (Lipinski definition) is 3. The van der Waals surface area contributed by atoms with Crippen LogP contribution in [0.25, 0.3) is 0 Å². The molecule has 0 atom stereocenters. The first-order valence-electron chi connectivity index (χ1n) is 6.16. The molecule has 0 amide bonds. The van der Waals surface area contributed by atoms with Gasteiger partial charge in [-0.25, -0.2) is 0 Å². The molecule has 98 valence electrons. The fourth-order valence-corrected chi connectivity index (χ4v) is 1.98. The van der Waals surface area contributed by atoms with Crippen LogP contribution in [0.3, 0.4) is 0 Å². The lowest BCUT2D eigenvalue weighted by molar-refractivity contribution is 0.103. The second kappa shape index (κ2) is 5.14. The molecule has 2 aromatic rings. The maximum absolute atomic E-state index is 12.3. The maximum atomic E-state index is 12.3. The Labute approximate surface area is 112 Å². The van der Waals surface area contributed by atoms with E-state index in [0.717, 1.165) is 0 Å². The van der Waals surface area contributed by atoms with Crippen LogP contribution >= 0.6 is 0 Å². The Morgan fingerprint density at radius 2 is 1.63 bits per heavy atom. The summed E-state index contributed by atoms with van der Waals surface area (Å²) in [5.74, 6) is -0.365. The van der Waals surface area contributed by atoms with Crippen LogP contribution in [-0.4, -0.2) is 16.0 Å². The average Bonchev–Trinajstić information content (AvgIpc) is 2.38. The zero-order valence-corrected chi connectivity index (χ0v) is 10.9. The maximum Gasteiger partial charge on any atom is 0.196 e. The van der Waals surface area contributed by atoms with E-state index in [9.17, 15) is 15.0 Å². The highest BCUT2D eigenvalue weighted by atomic mass is 16.3. The molecular weight excluding hydrogens is 240 g/mol. The zero-order chi connectivity index (χ0) is 14.0. The first-order valence-corrected chi connectivity index (χ1v) is 6.16. The minimum atomic E-state index is -0.250. The Bertz CT molecular complexity index is 601. The van der Waals surface area contributed by atoms with Crippen molar-refractivity contribution in [3.8, 4) is 11.5 Å². The summed E-state index contributed by atoms with van der Waals surface area (Å²) in [7, 11) is 0. The molecule has 0 unspecified atom stereocenters. The van der Waals surface area contributed by atoms with Gasteiger partial charge in [0.05, 0.1) is 5.56 Å². The van der Waals surface area contributed by atoms with E-state index in [1.54, 1.807) is 30.3 Å². The number of ketones is 1. The highest BCUT2D eigenvalue weighted by Crippen LogP contribution is 2.33. The first kappa shape index (κ1) is 13.1. The van der Waals surface area contributed by atoms with Gasteiger partial charge in [-0.1, -0.05) is 44.2 Å². The van der Waals surface area contributed by atoms with Gasteiger partial charge in [-0.15, -0.1) is 0 Å². The average molecular weight is 256 g/mol. The van der Waals surface area contributed by atoms with Crippen molar-refractivity contribution in [2.45, 2.75) is 19.8 Å². The molecule has 2 N–H and O–H groups in total. The molecule has 0 radical (unpaired) electrons. The molecule has 0 aliphatic rings. The fourth-order valence-electron chi connectivity index (χ4n) is 1.98. The van der Waals surface area contributed by atoms with Crippen molar-refractivity contribution in [3.63, 3.8) is 0 Å². The third-order valence-electron chi connectivity index (χ3n) is 3.05. The quantitative estimate of drug-likeness (QED) is 0.827. The lowest BCUT2D eigenvalue weighted by Crippen LogP contribution is -2.03. The summed E-state index contributed by atoms with van der Waals surface area (Å²) in [4.78, 5) is 12.3. The van der Waals surface area contributed by atoms with Gasteiger partial charge in [0.1, 0.15) is 11.5 Å². The Kier molecular flexibility index (Phi) is 3.56. The predicted octanol–water partition coefficient (Wildman–Crippen LogP) is 3.45. The summed E-state index contributed by atoms with van der Waals surface area (Å²) >= 11 is 0. The second-order valence-electron chi connectivity index (χ2n) is 4.78. The van der Waals surface area contributed by atoms with Gasteiger partial charge in [-0.05, 0) is 17.5 Å². The molecule has 0 bridgehead atoms. The Morgan fingerprint density at radius 1 is 1.00 bits per heavy atom. The van der Waals surface area contributed by atoms with Crippen LogP contribution in [0.15, 0.2) is 42.5 Å². The number of rotatable bonds is 3. The van der Waals surface area contributed by atoms with Gasteiger partial charge in [0.2, 0.25) is 0 Å². The molecule has 2 rings (SSSR count). The van der Waals surface area contributed by atoms with E-state index in [-0.39, 0.29) is 28.8 Å². The van der Waals surface area contributed by atoms with Crippen molar-refractivity contribution in [3.05, 3.63) is 59.2 Å². The molecule has 0 aliphatic carbocycles. The number of phenols is 2. The summed E-state index contributed by atoms with van der Waals surface area (Å²) in [6.07, 6.45) is 0. The Hall–Kier alpha value is -2.29. The number of aromatic hydroxyl groups is 2. The lowest BCUT2D eigenvalue weighted by Gasteiger charge is -2.12. The standard InChI is InChI=1S/C16H16O3/c1-10(2)12-8-13(15(18)9-14(12)17)16(19)11-6-4-3-5-7-11/h3-10,17-18H,1-2H3. The van der Waals surface area contributed by atoms with Crippen molar-refractivity contribution >= 4 is 5.78 Å². The molecule has 0 aromatic heterocycles. The van der Waals surface area contributed by atoms with Crippen LogP contribution in [0.2, 0.25) is 0 Å². The Balaban J connectivity index is 2.51. The van der Waals surface area contributed by atoms with E-state index in [2.05, 4.69) is 0 Å². The van der Waals surface area contributed by atoms with Crippen molar-refractivity contribution in [1.29, 1.82) is 0 Å². The number of phenolic OH excluding ortho intramolecular Hbond substituents is 2. The molecule has 3 heteroatoms. The van der Waals surface area contributed by atoms with Crippen LogP contribution < -0.4 is 0 Å². The topological polar surface area (TPSA) is 57.5 Å². The molecule has 0 heterocycles. The number of hydrogen-bond donors (Lipinski definition) is 2. The van der Waals surface area contributed by atoms with Gasteiger partial charge in [-0.3, -0.25) is 4.79 Å². The smallest absolute Gasteiger partial charge is 0.196 e. The SMILES string of the molecule is CC(C)c1cc(C(=O)c2ccccc2)c(O)cc1O. The first-order chi connectivity index (χ1) is 9.00. The number of carbonyl (C=O) groups excluding carboxylic acids is 1. The molecular formula is C16H16O3. The third-order valence-corrected chi connectivity index (χ3v) is 3.05. The summed E-state index contributed by atoms with van der Waals surface area (Å²) in [5, 5.41) is 19.6. The predicted molar refractivity (Wildman–Crippen MR) is 73.7 cm³/mol. The van der Waals surface area contributed by atoms with Crippen LogP contribution in [0.5, 0.6) is 11.5 Å². The molecule has 0 saturated carbocycles. The van der Waals surface area contributed by atoms with E-state index in [1.165, 1.54) is 6.07 Å². The molecule has 0 fully saturated rings. The van der Waals surface area contributed by atoms with E-state index >= 15 is 0 Å². The molecule has 0 aliphatic heterocycles. The molecule has 3 nitrogen and oxygen atoms in total. The monoisotopic (exact) mass is 256 g/mol. The van der Waals surface area contributed by atoms with Crippen LogP contribution in [-0.2, 0) is 0 Å². The highest BCUT2D eigenvalue weighted by molar-refractivity contribution is 6.10. The van der Waals surface area contributed by atoms with Gasteiger partial charge >= 0.3 is 0 Å². The molecule has 19 heavy (non-hydrogen) atoms. The van der Waals surface area contributed by atoms with Crippen LogP contribution in [0.1, 0.15) is 41.3 Å². The van der Waals surface area contributed by atoms with Gasteiger partial charge in [0.15, 0.2) is 5.78 Å². The largest absolute Gasteiger partial charge is 0.508 e. The van der Waals surface area contributed by atoms with Crippen molar-refractivity contribution in [2.24, 2.45) is 0 Å². The summed E-state index contributed by atoms with van der Waals surface area (Å²) in [6, 6.07) is 11.6. The van der Waals surface area contributed by atoms with Crippen LogP contribution in [0.4, 0.5) is 0 Å². The van der Waals surface area contributed by atoms with Crippen molar-refractivity contribution in [2.75, 3.05) is 0 Å². The minimum Gasteiger partial charge on any atom is -0.508 e. The second-order valence-corrected chi connectivity index (χ2v) is 4.78. The van der Waals surface area contributed by atoms with Gasteiger partial charge < -0.3 is 10.2 Å². The number of benzene rings is 2. The molecule has 0 spiro atoms. The van der Waals surface area contributed by atoms with Crippen molar-refractivity contribution < 1.29 is 15.0 Å². The van der Waals surface area contributed by atoms with Crippen molar-refractivity contribution in [1.82, 2.24) is 0 Å². The van der Waals surface area contributed by atoms with Crippen LogP contribution in [0, 0.1) is 0 Å². The normalized spacial score (nSPS) is 10.7. The van der Waals surface area contributed by atoms with Gasteiger partial charge in [-0.2, -0.15) is 0 Å². The van der Waals surface area contributed by atoms with E-state index in [0.29, 0.717) is 11.1 Å². The van der Waals surface area contributed by atoms with E-state index in [1.807, 2.05) is 19.9 Å². The van der Waals surface area contributed by atoms with Gasteiger partial charge in [0.25, 0.3) is 0 Å². The zero-order valence-electron chi connectivity index (χ0n) is 10.9. The summed E-state index contributed by atoms with van der Waals surface area (Å²) < 4.78 is 0. The Morgan fingerprint density at radius 3 is 2.21 bits per heavy atom.